The Labute approximate surface area is 330 Å². The average Bonchev–Trinajstić information content (AvgIpc) is 3.20. The van der Waals surface area contributed by atoms with Crippen molar-refractivity contribution in [2.24, 2.45) is 0 Å². The van der Waals surface area contributed by atoms with Crippen LogP contribution in [0.2, 0.25) is 0 Å². The molecule has 0 saturated carbocycles. The molecule has 0 radical (unpaired) electrons. The summed E-state index contributed by atoms with van der Waals surface area (Å²) in [5.41, 5.74) is 0. The Morgan fingerprint density at radius 3 is 0.911 bits per heavy atom. The maximum atomic E-state index is 13.6. The van der Waals surface area contributed by atoms with E-state index in [1.54, 1.807) is 0 Å². The maximum absolute atomic E-state index is 13.6. The van der Waals surface area contributed by atoms with Crippen molar-refractivity contribution in [1.82, 2.24) is 0 Å². The standard InChI is InChI=1S/C40H67F5O11/c1-2-3-4-5-6-7-8-9-10-11-12-13-14-16-47-18-20-49-22-24-51-26-28-53-30-32-55-33-31-54-29-27-52-25-23-50-21-19-48-17-15-34(46)56-40-38(44)36(42)35(41)37(43)39(40)45/h2-33H2,1H3. The molecule has 1 rings (SSSR count). The maximum Gasteiger partial charge on any atom is 0.313 e. The number of hydrogen-bond donors (Lipinski definition) is 0. The zero-order chi connectivity index (χ0) is 40.7. The van der Waals surface area contributed by atoms with Crippen LogP contribution in [0.15, 0.2) is 0 Å². The summed E-state index contributed by atoms with van der Waals surface area (Å²) in [5.74, 6) is -14.1. The quantitative estimate of drug-likeness (QED) is 0.0160. The minimum atomic E-state index is -2.34. The number of rotatable bonds is 42. The zero-order valence-corrected chi connectivity index (χ0v) is 33.5. The van der Waals surface area contributed by atoms with E-state index in [1.165, 1.54) is 77.0 Å². The second-order valence-electron chi connectivity index (χ2n) is 12.9. The van der Waals surface area contributed by atoms with Crippen molar-refractivity contribution in [1.29, 1.82) is 0 Å². The van der Waals surface area contributed by atoms with Crippen molar-refractivity contribution >= 4 is 5.97 Å². The monoisotopic (exact) mass is 818 g/mol. The van der Waals surface area contributed by atoms with Crippen LogP contribution in [0.4, 0.5) is 22.0 Å². The third kappa shape index (κ3) is 29.2. The summed E-state index contributed by atoms with van der Waals surface area (Å²) >= 11 is 0. The summed E-state index contributed by atoms with van der Waals surface area (Å²) in [6.45, 7) is 9.42. The van der Waals surface area contributed by atoms with Crippen molar-refractivity contribution in [2.45, 2.75) is 96.8 Å². The molecular weight excluding hydrogens is 751 g/mol. The van der Waals surface area contributed by atoms with Crippen LogP contribution >= 0.6 is 0 Å². The fraction of sp³-hybridized carbons (Fsp3) is 0.825. The highest BCUT2D eigenvalue weighted by molar-refractivity contribution is 5.72. The highest BCUT2D eigenvalue weighted by Gasteiger charge is 2.28. The summed E-state index contributed by atoms with van der Waals surface area (Å²) < 4.78 is 120. The molecule has 0 aliphatic heterocycles. The molecule has 56 heavy (non-hydrogen) atoms. The number of unbranched alkanes of at least 4 members (excludes halogenated alkanes) is 12. The van der Waals surface area contributed by atoms with Crippen molar-refractivity contribution < 1.29 is 74.1 Å². The van der Waals surface area contributed by atoms with Crippen LogP contribution in [0, 0.1) is 29.1 Å². The van der Waals surface area contributed by atoms with Gasteiger partial charge in [0.05, 0.1) is 119 Å². The first-order valence-corrected chi connectivity index (χ1v) is 20.3. The van der Waals surface area contributed by atoms with E-state index in [2.05, 4.69) is 11.7 Å². The van der Waals surface area contributed by atoms with Crippen molar-refractivity contribution in [3.05, 3.63) is 29.1 Å². The number of carbonyl (C=O) groups is 1. The van der Waals surface area contributed by atoms with Crippen molar-refractivity contribution in [3.63, 3.8) is 0 Å². The lowest BCUT2D eigenvalue weighted by molar-refractivity contribution is -0.136. The largest absolute Gasteiger partial charge is 0.420 e. The first-order valence-electron chi connectivity index (χ1n) is 20.3. The second-order valence-corrected chi connectivity index (χ2v) is 12.9. The molecule has 0 saturated heterocycles. The van der Waals surface area contributed by atoms with E-state index in [0.717, 1.165) is 13.0 Å². The molecule has 16 heteroatoms. The van der Waals surface area contributed by atoms with Gasteiger partial charge in [0.15, 0.2) is 0 Å². The lowest BCUT2D eigenvalue weighted by Crippen LogP contribution is -2.16. The Kier molecular flexibility index (Phi) is 35.7. The average molecular weight is 819 g/mol. The molecule has 0 bridgehead atoms. The Morgan fingerprint density at radius 2 is 0.589 bits per heavy atom. The fourth-order valence-corrected chi connectivity index (χ4v) is 5.08. The zero-order valence-electron chi connectivity index (χ0n) is 33.5. The third-order valence-electron chi connectivity index (χ3n) is 8.20. The summed E-state index contributed by atoms with van der Waals surface area (Å²) in [6, 6.07) is 0. The molecule has 0 atom stereocenters. The van der Waals surface area contributed by atoms with Gasteiger partial charge in [-0.25, -0.2) is 13.2 Å². The molecular formula is C40H67F5O11. The third-order valence-corrected chi connectivity index (χ3v) is 8.20. The smallest absolute Gasteiger partial charge is 0.313 e. The second kappa shape index (κ2) is 38.5. The number of carbonyl (C=O) groups excluding carboxylic acids is 1. The minimum absolute atomic E-state index is 0.0866. The van der Waals surface area contributed by atoms with E-state index in [0.29, 0.717) is 85.9 Å². The van der Waals surface area contributed by atoms with Gasteiger partial charge in [-0.15, -0.1) is 0 Å². The number of hydrogen-bond acceptors (Lipinski definition) is 11. The lowest BCUT2D eigenvalue weighted by atomic mass is 10.0. The van der Waals surface area contributed by atoms with Crippen LogP contribution in [0.25, 0.3) is 0 Å². The van der Waals surface area contributed by atoms with Crippen LogP contribution in [0.3, 0.4) is 0 Å². The summed E-state index contributed by atoms with van der Waals surface area (Å²) in [4.78, 5) is 11.7. The Morgan fingerprint density at radius 1 is 0.339 bits per heavy atom. The predicted molar refractivity (Wildman–Crippen MR) is 200 cm³/mol. The topological polar surface area (TPSA) is 109 Å². The van der Waals surface area contributed by atoms with Crippen molar-refractivity contribution in [2.75, 3.05) is 119 Å². The molecule has 0 aromatic heterocycles. The highest BCUT2D eigenvalue weighted by atomic mass is 19.2. The van der Waals surface area contributed by atoms with Gasteiger partial charge in [-0.1, -0.05) is 84.0 Å². The molecule has 0 fully saturated rings. The molecule has 1 aromatic carbocycles. The number of halogens is 5. The Bertz CT molecular complexity index is 1050. The van der Waals surface area contributed by atoms with E-state index in [-0.39, 0.29) is 26.4 Å². The summed E-state index contributed by atoms with van der Waals surface area (Å²) in [5, 5.41) is 0. The molecule has 0 unspecified atom stereocenters. The van der Waals surface area contributed by atoms with E-state index in [1.807, 2.05) is 0 Å². The molecule has 1 aromatic rings. The Hall–Kier alpha value is -2.02. The van der Waals surface area contributed by atoms with E-state index < -0.39 is 47.2 Å². The SMILES string of the molecule is CCCCCCCCCCCCCCCOCCOCCOCCOCCOCCOCCOCCOCCOCCC(=O)Oc1c(F)c(F)c(F)c(F)c1F. The molecule has 11 nitrogen and oxygen atoms in total. The molecule has 0 amide bonds. The van der Waals surface area contributed by atoms with Crippen LogP contribution in [0.5, 0.6) is 5.75 Å². The number of esters is 1. The van der Waals surface area contributed by atoms with Gasteiger partial charge >= 0.3 is 5.97 Å². The van der Waals surface area contributed by atoms with Gasteiger partial charge in [0.25, 0.3) is 0 Å². The lowest BCUT2D eigenvalue weighted by Gasteiger charge is -2.09. The van der Waals surface area contributed by atoms with Gasteiger partial charge in [-0.05, 0) is 6.42 Å². The minimum Gasteiger partial charge on any atom is -0.420 e. The van der Waals surface area contributed by atoms with Crippen LogP contribution < -0.4 is 4.74 Å². The first kappa shape index (κ1) is 52.0. The molecule has 0 aliphatic carbocycles. The van der Waals surface area contributed by atoms with E-state index in [4.69, 9.17) is 42.6 Å². The molecule has 0 spiro atoms. The van der Waals surface area contributed by atoms with Gasteiger partial charge in [0.2, 0.25) is 34.8 Å². The summed E-state index contributed by atoms with van der Waals surface area (Å²) in [6.07, 6.45) is 17.0. The van der Waals surface area contributed by atoms with Gasteiger partial charge in [0, 0.05) is 6.61 Å². The molecule has 0 aliphatic rings. The summed E-state index contributed by atoms with van der Waals surface area (Å²) in [7, 11) is 0. The fourth-order valence-electron chi connectivity index (χ4n) is 5.08. The van der Waals surface area contributed by atoms with Gasteiger partial charge in [0.1, 0.15) is 0 Å². The number of benzene rings is 1. The van der Waals surface area contributed by atoms with E-state index >= 15 is 0 Å². The highest BCUT2D eigenvalue weighted by Crippen LogP contribution is 2.29. The van der Waals surface area contributed by atoms with Gasteiger partial charge < -0.3 is 47.4 Å². The van der Waals surface area contributed by atoms with Gasteiger partial charge in [-0.3, -0.25) is 4.79 Å². The predicted octanol–water partition coefficient (Wildman–Crippen LogP) is 7.92. The number of ether oxygens (including phenoxy) is 10. The van der Waals surface area contributed by atoms with Crippen LogP contribution in [-0.4, -0.2) is 125 Å². The molecule has 328 valence electrons. The Balaban J connectivity index is 1.70. The van der Waals surface area contributed by atoms with Crippen LogP contribution in [-0.2, 0) is 47.4 Å². The van der Waals surface area contributed by atoms with Crippen LogP contribution in [0.1, 0.15) is 96.8 Å². The van der Waals surface area contributed by atoms with Crippen molar-refractivity contribution in [3.8, 4) is 5.75 Å². The molecule has 0 heterocycles. The van der Waals surface area contributed by atoms with Gasteiger partial charge in [-0.2, -0.15) is 8.78 Å². The first-order chi connectivity index (χ1) is 27.4. The normalized spacial score (nSPS) is 11.5. The molecule has 0 N–H and O–H groups in total. The van der Waals surface area contributed by atoms with E-state index in [9.17, 15) is 26.7 Å².